The van der Waals surface area contributed by atoms with Crippen molar-refractivity contribution in [2.45, 2.75) is 6.42 Å². The first-order valence-corrected chi connectivity index (χ1v) is 4.05. The van der Waals surface area contributed by atoms with Crippen molar-refractivity contribution < 1.29 is 18.9 Å². The molecular formula is C8H18O4. The summed E-state index contributed by atoms with van der Waals surface area (Å²) in [6.45, 7) is 3.06. The van der Waals surface area contributed by atoms with Crippen molar-refractivity contribution in [1.29, 1.82) is 0 Å². The maximum absolute atomic E-state index is 5.21. The fraction of sp³-hybridized carbons (Fsp3) is 1.00. The molecule has 12 heavy (non-hydrogen) atoms. The van der Waals surface area contributed by atoms with Crippen molar-refractivity contribution in [3.05, 3.63) is 0 Å². The van der Waals surface area contributed by atoms with E-state index in [2.05, 4.69) is 0 Å². The Bertz CT molecular complexity index is 67.5. The fourth-order valence-electron chi connectivity index (χ4n) is 0.650. The summed E-state index contributed by atoms with van der Waals surface area (Å²) in [6, 6.07) is 0. The number of ether oxygens (including phenoxy) is 4. The Morgan fingerprint density at radius 3 is 2.17 bits per heavy atom. The Morgan fingerprint density at radius 1 is 0.750 bits per heavy atom. The first kappa shape index (κ1) is 11.8. The van der Waals surface area contributed by atoms with Crippen LogP contribution in [0.5, 0.6) is 0 Å². The quantitative estimate of drug-likeness (QED) is 0.384. The zero-order valence-corrected chi connectivity index (χ0v) is 7.88. The van der Waals surface area contributed by atoms with E-state index >= 15 is 0 Å². The average molecular weight is 178 g/mol. The van der Waals surface area contributed by atoms with E-state index in [1.807, 2.05) is 0 Å². The van der Waals surface area contributed by atoms with Crippen LogP contribution in [0.4, 0.5) is 0 Å². The zero-order valence-electron chi connectivity index (χ0n) is 7.88. The fourth-order valence-corrected chi connectivity index (χ4v) is 0.650. The maximum Gasteiger partial charge on any atom is 0.146 e. The summed E-state index contributed by atoms with van der Waals surface area (Å²) < 4.78 is 19.8. The second-order valence-electron chi connectivity index (χ2n) is 2.27. The van der Waals surface area contributed by atoms with Crippen molar-refractivity contribution in [3.8, 4) is 0 Å². The standard InChI is InChI=1S/C8H18O4/c1-9-6-7-11-4-3-5-12-8-10-2/h3-8H2,1-2H3. The van der Waals surface area contributed by atoms with Gasteiger partial charge in [0.1, 0.15) is 6.79 Å². The minimum absolute atomic E-state index is 0.359. The minimum Gasteiger partial charge on any atom is -0.382 e. The molecule has 74 valence electrons. The van der Waals surface area contributed by atoms with Gasteiger partial charge in [-0.05, 0) is 6.42 Å². The smallest absolute Gasteiger partial charge is 0.146 e. The van der Waals surface area contributed by atoms with Gasteiger partial charge < -0.3 is 18.9 Å². The summed E-state index contributed by atoms with van der Waals surface area (Å²) in [6.07, 6.45) is 0.896. The SMILES string of the molecule is COCCOCCCOCOC. The van der Waals surface area contributed by atoms with Crippen LogP contribution < -0.4 is 0 Å². The summed E-state index contributed by atoms with van der Waals surface area (Å²) in [5, 5.41) is 0. The predicted molar refractivity (Wildman–Crippen MR) is 45.1 cm³/mol. The molecule has 0 aromatic heterocycles. The highest BCUT2D eigenvalue weighted by Gasteiger charge is 1.89. The van der Waals surface area contributed by atoms with E-state index in [1.165, 1.54) is 0 Å². The normalized spacial score (nSPS) is 10.5. The van der Waals surface area contributed by atoms with Crippen LogP contribution in [-0.4, -0.2) is 47.4 Å². The van der Waals surface area contributed by atoms with Gasteiger partial charge in [-0.25, -0.2) is 0 Å². The molecule has 0 N–H and O–H groups in total. The molecule has 0 spiro atoms. The Hall–Kier alpha value is -0.160. The summed E-state index contributed by atoms with van der Waals surface area (Å²) in [7, 11) is 3.26. The van der Waals surface area contributed by atoms with Crippen LogP contribution in [0, 0.1) is 0 Å². The van der Waals surface area contributed by atoms with Crippen LogP contribution in [0.2, 0.25) is 0 Å². The van der Waals surface area contributed by atoms with E-state index in [9.17, 15) is 0 Å². The lowest BCUT2D eigenvalue weighted by molar-refractivity contribution is -0.0379. The first-order valence-electron chi connectivity index (χ1n) is 4.05. The molecule has 4 nitrogen and oxygen atoms in total. The molecule has 0 radical (unpaired) electrons. The molecule has 0 aliphatic heterocycles. The first-order chi connectivity index (χ1) is 5.91. The molecule has 0 aromatic rings. The lowest BCUT2D eigenvalue weighted by Crippen LogP contribution is -2.06. The molecule has 0 saturated heterocycles. The third-order valence-electron chi connectivity index (χ3n) is 1.21. The van der Waals surface area contributed by atoms with E-state index in [0.717, 1.165) is 6.42 Å². The highest BCUT2D eigenvalue weighted by molar-refractivity contribution is 4.33. The van der Waals surface area contributed by atoms with Gasteiger partial charge in [-0.3, -0.25) is 0 Å². The van der Waals surface area contributed by atoms with E-state index in [0.29, 0.717) is 33.2 Å². The second kappa shape index (κ2) is 10.8. The van der Waals surface area contributed by atoms with Gasteiger partial charge in [0.25, 0.3) is 0 Å². The van der Waals surface area contributed by atoms with Gasteiger partial charge in [0.15, 0.2) is 0 Å². The Labute approximate surface area is 73.7 Å². The van der Waals surface area contributed by atoms with Crippen LogP contribution in [0.25, 0.3) is 0 Å². The Kier molecular flexibility index (Phi) is 10.7. The molecule has 0 unspecified atom stereocenters. The van der Waals surface area contributed by atoms with Gasteiger partial charge in [-0.1, -0.05) is 0 Å². The lowest BCUT2D eigenvalue weighted by atomic mass is 10.5. The summed E-state index contributed by atoms with van der Waals surface area (Å²) >= 11 is 0. The molecule has 4 heteroatoms. The topological polar surface area (TPSA) is 36.9 Å². The highest BCUT2D eigenvalue weighted by atomic mass is 16.7. The van der Waals surface area contributed by atoms with Gasteiger partial charge in [0.2, 0.25) is 0 Å². The van der Waals surface area contributed by atoms with Gasteiger partial charge in [-0.2, -0.15) is 0 Å². The van der Waals surface area contributed by atoms with Gasteiger partial charge in [-0.15, -0.1) is 0 Å². The van der Waals surface area contributed by atoms with Gasteiger partial charge in [0, 0.05) is 20.8 Å². The average Bonchev–Trinajstić information content (AvgIpc) is 2.10. The van der Waals surface area contributed by atoms with Crippen LogP contribution >= 0.6 is 0 Å². The highest BCUT2D eigenvalue weighted by Crippen LogP contribution is 1.85. The van der Waals surface area contributed by atoms with Gasteiger partial charge in [0.05, 0.1) is 19.8 Å². The van der Waals surface area contributed by atoms with Crippen LogP contribution in [0.3, 0.4) is 0 Å². The van der Waals surface area contributed by atoms with Crippen LogP contribution in [0.1, 0.15) is 6.42 Å². The van der Waals surface area contributed by atoms with E-state index in [4.69, 9.17) is 18.9 Å². The van der Waals surface area contributed by atoms with Crippen molar-refractivity contribution in [3.63, 3.8) is 0 Å². The molecule has 0 aliphatic carbocycles. The lowest BCUT2D eigenvalue weighted by Gasteiger charge is -2.03. The van der Waals surface area contributed by atoms with Crippen molar-refractivity contribution in [1.82, 2.24) is 0 Å². The number of rotatable bonds is 9. The van der Waals surface area contributed by atoms with Crippen molar-refractivity contribution in [2.75, 3.05) is 47.4 Å². The molecule has 0 saturated carbocycles. The Balaban J connectivity index is 2.73. The third kappa shape index (κ3) is 9.84. The van der Waals surface area contributed by atoms with Crippen molar-refractivity contribution >= 4 is 0 Å². The monoisotopic (exact) mass is 178 g/mol. The van der Waals surface area contributed by atoms with Crippen LogP contribution in [0.15, 0.2) is 0 Å². The summed E-state index contributed by atoms with van der Waals surface area (Å²) in [4.78, 5) is 0. The molecule has 0 atom stereocenters. The van der Waals surface area contributed by atoms with Crippen molar-refractivity contribution in [2.24, 2.45) is 0 Å². The molecule has 0 bridgehead atoms. The summed E-state index contributed by atoms with van der Waals surface area (Å²) in [5.41, 5.74) is 0. The predicted octanol–water partition coefficient (Wildman–Crippen LogP) is 0.660. The molecule has 0 amide bonds. The molecule has 0 fully saturated rings. The van der Waals surface area contributed by atoms with E-state index in [-0.39, 0.29) is 0 Å². The molecule has 0 aromatic carbocycles. The number of methoxy groups -OCH3 is 2. The maximum atomic E-state index is 5.21. The number of hydrogen-bond acceptors (Lipinski definition) is 4. The largest absolute Gasteiger partial charge is 0.382 e. The van der Waals surface area contributed by atoms with Crippen LogP contribution in [-0.2, 0) is 18.9 Å². The second-order valence-corrected chi connectivity index (χ2v) is 2.27. The van der Waals surface area contributed by atoms with E-state index < -0.39 is 0 Å². The minimum atomic E-state index is 0.359. The zero-order chi connectivity index (χ0) is 9.07. The third-order valence-corrected chi connectivity index (χ3v) is 1.21. The molecule has 0 heterocycles. The molecule has 0 aliphatic rings. The van der Waals surface area contributed by atoms with Gasteiger partial charge >= 0.3 is 0 Å². The summed E-state index contributed by atoms with van der Waals surface area (Å²) in [5.74, 6) is 0. The molecular weight excluding hydrogens is 160 g/mol. The number of hydrogen-bond donors (Lipinski definition) is 0. The van der Waals surface area contributed by atoms with E-state index in [1.54, 1.807) is 14.2 Å². The Morgan fingerprint density at radius 2 is 1.50 bits per heavy atom. The molecule has 0 rings (SSSR count).